The van der Waals surface area contributed by atoms with Crippen molar-refractivity contribution in [2.45, 2.75) is 39.4 Å². The smallest absolute Gasteiger partial charge is 0.237 e. The molecule has 0 aliphatic carbocycles. The molecule has 1 fully saturated rings. The van der Waals surface area contributed by atoms with E-state index in [1.165, 1.54) is 0 Å². The number of amides is 1. The second kappa shape index (κ2) is 7.00. The molecule has 1 unspecified atom stereocenters. The molecule has 7 nitrogen and oxygen atoms in total. The summed E-state index contributed by atoms with van der Waals surface area (Å²) in [5, 5.41) is 4.21. The molecule has 0 spiro atoms. The highest BCUT2D eigenvalue weighted by Crippen LogP contribution is 2.27. The van der Waals surface area contributed by atoms with E-state index in [1.807, 2.05) is 38.9 Å². The standard InChI is InChI=1S/C15H26N4O3S/c1-5-18-9-13(8-16-18)14-11-23(21,22)7-6-19(14)15(20)10-17(4)12(2)3/h8-9,12,14H,5-7,10-11H2,1-4H3. The molecule has 0 radical (unpaired) electrons. The van der Waals surface area contributed by atoms with Crippen LogP contribution in [0.5, 0.6) is 0 Å². The van der Waals surface area contributed by atoms with Crippen LogP contribution in [0.2, 0.25) is 0 Å². The van der Waals surface area contributed by atoms with Crippen molar-refractivity contribution in [2.24, 2.45) is 0 Å². The predicted octanol–water partition coefficient (Wildman–Crippen LogP) is 0.541. The quantitative estimate of drug-likeness (QED) is 0.781. The number of hydrogen-bond donors (Lipinski definition) is 0. The highest BCUT2D eigenvalue weighted by atomic mass is 32.2. The third-order valence-electron chi connectivity index (χ3n) is 4.38. The van der Waals surface area contributed by atoms with E-state index in [0.717, 1.165) is 5.56 Å². The first-order valence-electron chi connectivity index (χ1n) is 7.96. The monoisotopic (exact) mass is 342 g/mol. The molecule has 1 amide bonds. The van der Waals surface area contributed by atoms with Crippen LogP contribution in [0, 0.1) is 0 Å². The summed E-state index contributed by atoms with van der Waals surface area (Å²) in [5.41, 5.74) is 0.788. The average molecular weight is 342 g/mol. The molecule has 1 aromatic rings. The van der Waals surface area contributed by atoms with Crippen molar-refractivity contribution in [3.63, 3.8) is 0 Å². The van der Waals surface area contributed by atoms with Crippen molar-refractivity contribution in [1.82, 2.24) is 19.6 Å². The van der Waals surface area contributed by atoms with Gasteiger partial charge < -0.3 is 4.90 Å². The minimum Gasteiger partial charge on any atom is -0.332 e. The first kappa shape index (κ1) is 17.9. The number of aromatic nitrogens is 2. The minimum atomic E-state index is -3.13. The Balaban J connectivity index is 2.23. The van der Waals surface area contributed by atoms with Crippen LogP contribution in [0.15, 0.2) is 12.4 Å². The van der Waals surface area contributed by atoms with Crippen LogP contribution in [0.4, 0.5) is 0 Å². The van der Waals surface area contributed by atoms with Crippen molar-refractivity contribution >= 4 is 15.7 Å². The number of carbonyl (C=O) groups excluding carboxylic acids is 1. The zero-order valence-electron chi connectivity index (χ0n) is 14.3. The van der Waals surface area contributed by atoms with E-state index in [9.17, 15) is 13.2 Å². The number of hydrogen-bond acceptors (Lipinski definition) is 5. The summed E-state index contributed by atoms with van der Waals surface area (Å²) < 4.78 is 25.8. The van der Waals surface area contributed by atoms with Crippen LogP contribution in [-0.4, -0.2) is 71.6 Å². The molecule has 0 saturated carbocycles. The molecule has 1 aliphatic heterocycles. The Bertz CT molecular complexity index is 653. The van der Waals surface area contributed by atoms with Crippen LogP contribution >= 0.6 is 0 Å². The minimum absolute atomic E-state index is 0.0282. The lowest BCUT2D eigenvalue weighted by atomic mass is 10.1. The molecule has 8 heteroatoms. The van der Waals surface area contributed by atoms with Crippen LogP contribution < -0.4 is 0 Å². The van der Waals surface area contributed by atoms with E-state index in [-0.39, 0.29) is 36.5 Å². The topological polar surface area (TPSA) is 75.5 Å². The van der Waals surface area contributed by atoms with Crippen LogP contribution in [0.25, 0.3) is 0 Å². The highest BCUT2D eigenvalue weighted by Gasteiger charge is 2.36. The van der Waals surface area contributed by atoms with Gasteiger partial charge in [-0.15, -0.1) is 0 Å². The number of likely N-dealkylation sites (N-methyl/N-ethyl adjacent to an activating group) is 1. The highest BCUT2D eigenvalue weighted by molar-refractivity contribution is 7.91. The Morgan fingerprint density at radius 2 is 2.17 bits per heavy atom. The molecule has 1 atom stereocenters. The molecule has 2 heterocycles. The van der Waals surface area contributed by atoms with Crippen LogP contribution in [0.3, 0.4) is 0 Å². The molecular weight excluding hydrogens is 316 g/mol. The molecule has 0 bridgehead atoms. The second-order valence-electron chi connectivity index (χ2n) is 6.36. The largest absolute Gasteiger partial charge is 0.332 e. The Morgan fingerprint density at radius 1 is 1.48 bits per heavy atom. The van der Waals surface area contributed by atoms with E-state index in [1.54, 1.807) is 15.8 Å². The molecule has 130 valence electrons. The fraction of sp³-hybridized carbons (Fsp3) is 0.733. The van der Waals surface area contributed by atoms with Gasteiger partial charge in [-0.25, -0.2) is 8.42 Å². The molecule has 1 saturated heterocycles. The summed E-state index contributed by atoms with van der Waals surface area (Å²) in [6.45, 7) is 7.26. The summed E-state index contributed by atoms with van der Waals surface area (Å²) in [4.78, 5) is 16.3. The first-order chi connectivity index (χ1) is 10.7. The van der Waals surface area contributed by atoms with Crippen molar-refractivity contribution in [3.05, 3.63) is 18.0 Å². The van der Waals surface area contributed by atoms with Gasteiger partial charge in [0.05, 0.1) is 30.3 Å². The second-order valence-corrected chi connectivity index (χ2v) is 8.58. The van der Waals surface area contributed by atoms with Crippen LogP contribution in [-0.2, 0) is 21.2 Å². The van der Waals surface area contributed by atoms with Crippen molar-refractivity contribution < 1.29 is 13.2 Å². The lowest BCUT2D eigenvalue weighted by Crippen LogP contribution is -2.49. The van der Waals surface area contributed by atoms with Crippen molar-refractivity contribution in [1.29, 1.82) is 0 Å². The zero-order valence-corrected chi connectivity index (χ0v) is 15.1. The summed E-state index contributed by atoms with van der Waals surface area (Å²) in [5.74, 6) is -0.0346. The maximum atomic E-state index is 12.6. The molecule has 2 rings (SSSR count). The van der Waals surface area contributed by atoms with Gasteiger partial charge in [0.1, 0.15) is 0 Å². The van der Waals surface area contributed by atoms with Gasteiger partial charge >= 0.3 is 0 Å². The van der Waals surface area contributed by atoms with E-state index < -0.39 is 15.9 Å². The van der Waals surface area contributed by atoms with E-state index >= 15 is 0 Å². The summed E-state index contributed by atoms with van der Waals surface area (Å²) in [6, 6.07) is -0.184. The Hall–Kier alpha value is -1.41. The lowest BCUT2D eigenvalue weighted by Gasteiger charge is -2.36. The maximum Gasteiger partial charge on any atom is 0.237 e. The van der Waals surface area contributed by atoms with E-state index in [4.69, 9.17) is 0 Å². The predicted molar refractivity (Wildman–Crippen MR) is 88.8 cm³/mol. The Morgan fingerprint density at radius 3 is 2.74 bits per heavy atom. The lowest BCUT2D eigenvalue weighted by molar-refractivity contribution is -0.134. The number of aryl methyl sites for hydroxylation is 1. The van der Waals surface area contributed by atoms with Gasteiger partial charge in [0, 0.05) is 30.9 Å². The first-order valence-corrected chi connectivity index (χ1v) is 9.78. The van der Waals surface area contributed by atoms with Gasteiger partial charge in [-0.2, -0.15) is 5.10 Å². The van der Waals surface area contributed by atoms with Crippen molar-refractivity contribution in [2.75, 3.05) is 31.6 Å². The van der Waals surface area contributed by atoms with Gasteiger partial charge in [0.15, 0.2) is 9.84 Å². The van der Waals surface area contributed by atoms with Gasteiger partial charge in [0.2, 0.25) is 5.91 Å². The van der Waals surface area contributed by atoms with Gasteiger partial charge in [-0.1, -0.05) is 0 Å². The molecule has 1 aromatic heterocycles. The molecule has 23 heavy (non-hydrogen) atoms. The average Bonchev–Trinajstić information content (AvgIpc) is 2.94. The molecule has 0 N–H and O–H groups in total. The third kappa shape index (κ3) is 4.32. The summed E-state index contributed by atoms with van der Waals surface area (Å²) in [7, 11) is -1.24. The number of carbonyl (C=O) groups is 1. The molecule has 1 aliphatic rings. The number of rotatable bonds is 5. The Labute approximate surface area is 138 Å². The van der Waals surface area contributed by atoms with Crippen molar-refractivity contribution in [3.8, 4) is 0 Å². The normalized spacial score (nSPS) is 21.1. The van der Waals surface area contributed by atoms with Gasteiger partial charge in [-0.05, 0) is 27.8 Å². The van der Waals surface area contributed by atoms with E-state index in [0.29, 0.717) is 6.54 Å². The number of nitrogens with zero attached hydrogens (tertiary/aromatic N) is 4. The zero-order chi connectivity index (χ0) is 17.2. The maximum absolute atomic E-state index is 12.6. The fourth-order valence-electron chi connectivity index (χ4n) is 2.59. The van der Waals surface area contributed by atoms with Gasteiger partial charge in [-0.3, -0.25) is 14.4 Å². The third-order valence-corrected chi connectivity index (χ3v) is 6.01. The molecule has 0 aromatic carbocycles. The van der Waals surface area contributed by atoms with Gasteiger partial charge in [0.25, 0.3) is 0 Å². The Kier molecular flexibility index (Phi) is 5.46. The molecular formula is C15H26N4O3S. The van der Waals surface area contributed by atoms with E-state index in [2.05, 4.69) is 5.10 Å². The number of sulfone groups is 1. The summed E-state index contributed by atoms with van der Waals surface area (Å²) >= 11 is 0. The summed E-state index contributed by atoms with van der Waals surface area (Å²) in [6.07, 6.45) is 3.50. The SMILES string of the molecule is CCn1cc(C2CS(=O)(=O)CCN2C(=O)CN(C)C(C)C)cn1. The van der Waals surface area contributed by atoms with Crippen LogP contribution in [0.1, 0.15) is 32.4 Å². The fourth-order valence-corrected chi connectivity index (χ4v) is 4.09.